The molecular weight excluding hydrogens is 284 g/mol. The Balaban J connectivity index is 1.66. The predicted molar refractivity (Wildman–Crippen MR) is 80.9 cm³/mol. The summed E-state index contributed by atoms with van der Waals surface area (Å²) in [5, 5.41) is 0. The van der Waals surface area contributed by atoms with Crippen LogP contribution in [0.15, 0.2) is 24.3 Å². The van der Waals surface area contributed by atoms with Crippen molar-refractivity contribution in [2.24, 2.45) is 0 Å². The molecule has 1 aromatic rings. The molecule has 0 N–H and O–H groups in total. The normalized spacial score (nSPS) is 22.0. The van der Waals surface area contributed by atoms with Gasteiger partial charge in [0.15, 0.2) is 0 Å². The van der Waals surface area contributed by atoms with Gasteiger partial charge in [0, 0.05) is 31.5 Å². The van der Waals surface area contributed by atoms with Crippen molar-refractivity contribution in [2.75, 3.05) is 38.3 Å². The number of hydrogen-bond acceptors (Lipinski definition) is 4. The Kier molecular flexibility index (Phi) is 4.29. The number of hydrogen-bond donors (Lipinski definition) is 0. The molecule has 1 unspecified atom stereocenters. The van der Waals surface area contributed by atoms with Gasteiger partial charge >= 0.3 is 0 Å². The van der Waals surface area contributed by atoms with Gasteiger partial charge in [0.1, 0.15) is 18.4 Å². The number of benzene rings is 1. The number of carbonyl (C=O) groups excluding carboxylic acids is 2. The van der Waals surface area contributed by atoms with Gasteiger partial charge in [-0.15, -0.1) is 0 Å². The molecule has 0 radical (unpaired) electrons. The highest BCUT2D eigenvalue weighted by molar-refractivity contribution is 5.98. The zero-order chi connectivity index (χ0) is 15.5. The van der Waals surface area contributed by atoms with Crippen LogP contribution in [0.4, 0.5) is 5.69 Å². The predicted octanol–water partition coefficient (Wildman–Crippen LogP) is 1.05. The summed E-state index contributed by atoms with van der Waals surface area (Å²) >= 11 is 0. The van der Waals surface area contributed by atoms with Crippen LogP contribution in [0.2, 0.25) is 0 Å². The average molecular weight is 304 g/mol. The molecule has 6 heteroatoms. The Labute approximate surface area is 129 Å². The van der Waals surface area contributed by atoms with Crippen LogP contribution in [0.3, 0.4) is 0 Å². The number of methoxy groups -OCH3 is 1. The molecule has 2 aliphatic rings. The topological polar surface area (TPSA) is 59.1 Å². The highest BCUT2D eigenvalue weighted by atomic mass is 16.5. The SMILES string of the molecule is COc1cccc(N2CCN(C(=O)C3CCCO3)CC2=O)c1. The molecular formula is C16H20N2O4. The quantitative estimate of drug-likeness (QED) is 0.837. The van der Waals surface area contributed by atoms with Gasteiger partial charge in [-0.2, -0.15) is 0 Å². The fourth-order valence-electron chi connectivity index (χ4n) is 2.89. The Bertz CT molecular complexity index is 569. The molecule has 2 fully saturated rings. The van der Waals surface area contributed by atoms with E-state index < -0.39 is 0 Å². The first kappa shape index (κ1) is 14.8. The summed E-state index contributed by atoms with van der Waals surface area (Å²) in [6, 6.07) is 7.39. The van der Waals surface area contributed by atoms with Gasteiger partial charge in [0.25, 0.3) is 5.91 Å². The molecule has 0 spiro atoms. The van der Waals surface area contributed by atoms with E-state index in [0.717, 1.165) is 18.5 Å². The van der Waals surface area contributed by atoms with Gasteiger partial charge in [-0.1, -0.05) is 6.07 Å². The molecule has 0 saturated carbocycles. The minimum absolute atomic E-state index is 0.0591. The van der Waals surface area contributed by atoms with Crippen molar-refractivity contribution in [3.8, 4) is 5.75 Å². The lowest BCUT2D eigenvalue weighted by Crippen LogP contribution is -2.54. The third kappa shape index (κ3) is 2.92. The number of ether oxygens (including phenoxy) is 2. The van der Waals surface area contributed by atoms with E-state index in [1.165, 1.54) is 0 Å². The van der Waals surface area contributed by atoms with Gasteiger partial charge in [0.05, 0.1) is 7.11 Å². The molecule has 2 heterocycles. The average Bonchev–Trinajstić information content (AvgIpc) is 3.08. The second-order valence-electron chi connectivity index (χ2n) is 5.51. The first-order valence-corrected chi connectivity index (χ1v) is 7.54. The third-order valence-corrected chi connectivity index (χ3v) is 4.10. The summed E-state index contributed by atoms with van der Waals surface area (Å²) in [5.74, 6) is 0.574. The zero-order valence-corrected chi connectivity index (χ0v) is 12.7. The van der Waals surface area contributed by atoms with Crippen molar-refractivity contribution < 1.29 is 19.1 Å². The smallest absolute Gasteiger partial charge is 0.252 e. The monoisotopic (exact) mass is 304 g/mol. The molecule has 1 aromatic carbocycles. The molecule has 118 valence electrons. The number of piperazine rings is 1. The number of rotatable bonds is 3. The van der Waals surface area contributed by atoms with Crippen LogP contribution in [-0.2, 0) is 14.3 Å². The Hall–Kier alpha value is -2.08. The van der Waals surface area contributed by atoms with Crippen molar-refractivity contribution in [3.63, 3.8) is 0 Å². The first-order valence-electron chi connectivity index (χ1n) is 7.54. The van der Waals surface area contributed by atoms with Crippen LogP contribution in [0.25, 0.3) is 0 Å². The lowest BCUT2D eigenvalue weighted by atomic mass is 10.2. The number of nitrogens with zero attached hydrogens (tertiary/aromatic N) is 2. The Morgan fingerprint density at radius 3 is 2.91 bits per heavy atom. The number of amides is 2. The highest BCUT2D eigenvalue weighted by Crippen LogP contribution is 2.23. The lowest BCUT2D eigenvalue weighted by Gasteiger charge is -2.35. The lowest BCUT2D eigenvalue weighted by molar-refractivity contribution is -0.144. The zero-order valence-electron chi connectivity index (χ0n) is 12.7. The van der Waals surface area contributed by atoms with E-state index >= 15 is 0 Å². The molecule has 0 bridgehead atoms. The van der Waals surface area contributed by atoms with E-state index in [0.29, 0.717) is 25.4 Å². The van der Waals surface area contributed by atoms with Crippen LogP contribution in [-0.4, -0.2) is 56.2 Å². The van der Waals surface area contributed by atoms with E-state index in [-0.39, 0.29) is 24.5 Å². The maximum atomic E-state index is 12.4. The second kappa shape index (κ2) is 6.36. The van der Waals surface area contributed by atoms with Crippen LogP contribution in [0, 0.1) is 0 Å². The van der Waals surface area contributed by atoms with E-state index in [4.69, 9.17) is 9.47 Å². The van der Waals surface area contributed by atoms with Gasteiger partial charge < -0.3 is 19.3 Å². The molecule has 0 aliphatic carbocycles. The van der Waals surface area contributed by atoms with Crippen molar-refractivity contribution >= 4 is 17.5 Å². The molecule has 2 amide bonds. The fourth-order valence-corrected chi connectivity index (χ4v) is 2.89. The standard InChI is InChI=1S/C16H20N2O4/c1-21-13-5-2-4-12(10-13)18-8-7-17(11-15(18)19)16(20)14-6-3-9-22-14/h2,4-5,10,14H,3,6-9,11H2,1H3. The van der Waals surface area contributed by atoms with E-state index in [1.54, 1.807) is 16.9 Å². The molecule has 3 rings (SSSR count). The highest BCUT2D eigenvalue weighted by Gasteiger charge is 2.33. The number of anilines is 1. The summed E-state index contributed by atoms with van der Waals surface area (Å²) in [6.07, 6.45) is 1.30. The van der Waals surface area contributed by atoms with Crippen LogP contribution < -0.4 is 9.64 Å². The molecule has 22 heavy (non-hydrogen) atoms. The maximum absolute atomic E-state index is 12.4. The maximum Gasteiger partial charge on any atom is 0.252 e. The van der Waals surface area contributed by atoms with Crippen molar-refractivity contribution in [1.82, 2.24) is 4.90 Å². The summed E-state index contributed by atoms with van der Waals surface area (Å²) in [7, 11) is 1.60. The number of carbonyl (C=O) groups is 2. The Morgan fingerprint density at radius 1 is 1.36 bits per heavy atom. The molecule has 6 nitrogen and oxygen atoms in total. The van der Waals surface area contributed by atoms with E-state index in [2.05, 4.69) is 0 Å². The van der Waals surface area contributed by atoms with Crippen molar-refractivity contribution in [3.05, 3.63) is 24.3 Å². The molecule has 0 aromatic heterocycles. The van der Waals surface area contributed by atoms with Gasteiger partial charge in [-0.25, -0.2) is 0 Å². The minimum Gasteiger partial charge on any atom is -0.497 e. The summed E-state index contributed by atoms with van der Waals surface area (Å²) in [5.41, 5.74) is 0.800. The Morgan fingerprint density at radius 2 is 2.23 bits per heavy atom. The van der Waals surface area contributed by atoms with E-state index in [9.17, 15) is 9.59 Å². The largest absolute Gasteiger partial charge is 0.497 e. The van der Waals surface area contributed by atoms with Gasteiger partial charge in [-0.05, 0) is 25.0 Å². The summed E-state index contributed by atoms with van der Waals surface area (Å²) in [6.45, 7) is 1.76. The molecule has 1 atom stereocenters. The fraction of sp³-hybridized carbons (Fsp3) is 0.500. The second-order valence-corrected chi connectivity index (χ2v) is 5.51. The van der Waals surface area contributed by atoms with Crippen LogP contribution >= 0.6 is 0 Å². The van der Waals surface area contributed by atoms with Gasteiger partial charge in [0.2, 0.25) is 5.91 Å². The van der Waals surface area contributed by atoms with Crippen molar-refractivity contribution in [1.29, 1.82) is 0 Å². The van der Waals surface area contributed by atoms with Crippen molar-refractivity contribution in [2.45, 2.75) is 18.9 Å². The first-order chi connectivity index (χ1) is 10.7. The van der Waals surface area contributed by atoms with Crippen LogP contribution in [0.1, 0.15) is 12.8 Å². The third-order valence-electron chi connectivity index (χ3n) is 4.10. The summed E-state index contributed by atoms with van der Waals surface area (Å²) in [4.78, 5) is 28.0. The van der Waals surface area contributed by atoms with E-state index in [1.807, 2.05) is 24.3 Å². The molecule has 2 aliphatic heterocycles. The molecule has 2 saturated heterocycles. The van der Waals surface area contributed by atoms with Crippen LogP contribution in [0.5, 0.6) is 5.75 Å². The van der Waals surface area contributed by atoms with Gasteiger partial charge in [-0.3, -0.25) is 9.59 Å². The minimum atomic E-state index is -0.365. The summed E-state index contributed by atoms with van der Waals surface area (Å²) < 4.78 is 10.6.